The van der Waals surface area contributed by atoms with E-state index >= 15 is 0 Å². The number of halogens is 1. The van der Waals surface area contributed by atoms with E-state index in [2.05, 4.69) is 15.6 Å². The number of nitrogens with one attached hydrogen (secondary N) is 2. The van der Waals surface area contributed by atoms with Gasteiger partial charge in [0.1, 0.15) is 12.1 Å². The topological polar surface area (TPSA) is 91.4 Å². The van der Waals surface area contributed by atoms with Crippen molar-refractivity contribution in [3.63, 3.8) is 0 Å². The molecule has 1 atom stereocenters. The average Bonchev–Trinajstić information content (AvgIpc) is 3.43. The molecule has 4 amide bonds. The molecule has 2 aliphatic rings. The first-order chi connectivity index (χ1) is 15.0. The molecule has 1 aliphatic carbocycles. The van der Waals surface area contributed by atoms with Crippen LogP contribution < -0.4 is 10.6 Å². The van der Waals surface area contributed by atoms with Gasteiger partial charge in [-0.1, -0.05) is 48.0 Å². The van der Waals surface area contributed by atoms with E-state index in [1.807, 2.05) is 41.8 Å². The van der Waals surface area contributed by atoms with Gasteiger partial charge in [0.15, 0.2) is 5.13 Å². The highest BCUT2D eigenvalue weighted by molar-refractivity contribution is 7.14. The Morgan fingerprint density at radius 2 is 1.97 bits per heavy atom. The monoisotopic (exact) mass is 452 g/mol. The second-order valence-electron chi connectivity index (χ2n) is 7.48. The lowest BCUT2D eigenvalue weighted by molar-refractivity contribution is -0.134. The van der Waals surface area contributed by atoms with Crippen molar-refractivity contribution in [1.29, 1.82) is 0 Å². The molecule has 1 aromatic heterocycles. The highest BCUT2D eigenvalue weighted by atomic mass is 35.5. The smallest absolute Gasteiger partial charge is 0.319 e. The third-order valence-electron chi connectivity index (χ3n) is 5.61. The molecule has 1 saturated heterocycles. The van der Waals surface area contributed by atoms with Crippen molar-refractivity contribution in [3.05, 3.63) is 70.1 Å². The molecule has 1 aliphatic heterocycles. The van der Waals surface area contributed by atoms with Crippen molar-refractivity contribution >= 4 is 45.9 Å². The van der Waals surface area contributed by atoms with Crippen molar-refractivity contribution in [3.8, 4) is 11.3 Å². The van der Waals surface area contributed by atoms with E-state index in [1.54, 1.807) is 12.1 Å². The minimum Gasteiger partial charge on any atom is -0.319 e. The van der Waals surface area contributed by atoms with Crippen LogP contribution in [0.1, 0.15) is 17.5 Å². The molecule has 7 nitrogen and oxygen atoms in total. The van der Waals surface area contributed by atoms with Crippen LogP contribution in [0.5, 0.6) is 0 Å². The summed E-state index contributed by atoms with van der Waals surface area (Å²) in [6, 6.07) is 14.2. The number of anilines is 1. The van der Waals surface area contributed by atoms with E-state index in [-0.39, 0.29) is 6.54 Å². The van der Waals surface area contributed by atoms with Gasteiger partial charge in [-0.05, 0) is 36.1 Å². The minimum atomic E-state index is -1.07. The Labute approximate surface area is 187 Å². The number of carbonyl (C=O) groups is 3. The number of amides is 4. The molecule has 3 aromatic rings. The third-order valence-corrected chi connectivity index (χ3v) is 6.62. The summed E-state index contributed by atoms with van der Waals surface area (Å²) < 4.78 is 0. The molecule has 1 fully saturated rings. The summed E-state index contributed by atoms with van der Waals surface area (Å²) in [6.07, 6.45) is 1.20. The van der Waals surface area contributed by atoms with E-state index in [1.165, 1.54) is 11.3 Å². The number of benzene rings is 2. The maximum absolute atomic E-state index is 13.1. The van der Waals surface area contributed by atoms with Crippen molar-refractivity contribution in [2.75, 3.05) is 11.9 Å². The number of nitrogens with zero attached hydrogens (tertiary/aromatic N) is 2. The van der Waals surface area contributed by atoms with Gasteiger partial charge in [-0.2, -0.15) is 0 Å². The highest BCUT2D eigenvalue weighted by Gasteiger charge is 2.55. The zero-order valence-electron chi connectivity index (χ0n) is 16.2. The van der Waals surface area contributed by atoms with Crippen LogP contribution >= 0.6 is 22.9 Å². The number of aryl methyl sites for hydroxylation is 1. The predicted octanol–water partition coefficient (Wildman–Crippen LogP) is 3.80. The molecule has 31 heavy (non-hydrogen) atoms. The SMILES string of the molecule is O=C(CN1C(=O)NC2(CCc3ccccc32)C1=O)Nc1nc(-c2ccc(Cl)cc2)cs1. The number of rotatable bonds is 4. The van der Waals surface area contributed by atoms with Crippen LogP contribution in [-0.2, 0) is 21.5 Å². The molecule has 0 bridgehead atoms. The number of urea groups is 1. The number of fused-ring (bicyclic) bond motifs is 2. The lowest BCUT2D eigenvalue weighted by Crippen LogP contribution is -2.42. The van der Waals surface area contributed by atoms with Gasteiger partial charge in [0.05, 0.1) is 5.69 Å². The van der Waals surface area contributed by atoms with Crippen LogP contribution in [0, 0.1) is 0 Å². The zero-order chi connectivity index (χ0) is 21.6. The number of aromatic nitrogens is 1. The average molecular weight is 453 g/mol. The summed E-state index contributed by atoms with van der Waals surface area (Å²) in [5, 5.41) is 8.33. The fourth-order valence-electron chi connectivity index (χ4n) is 4.12. The molecule has 2 N–H and O–H groups in total. The normalized spacial score (nSPS) is 19.6. The van der Waals surface area contributed by atoms with Gasteiger partial charge in [0.25, 0.3) is 5.91 Å². The lowest BCUT2D eigenvalue weighted by atomic mass is 9.92. The molecular formula is C22H17ClN4O3S. The van der Waals surface area contributed by atoms with Crippen LogP contribution in [0.15, 0.2) is 53.9 Å². The molecule has 1 unspecified atom stereocenters. The second kappa shape index (κ2) is 7.47. The summed E-state index contributed by atoms with van der Waals surface area (Å²) in [4.78, 5) is 43.6. The van der Waals surface area contributed by atoms with E-state index in [0.717, 1.165) is 21.6 Å². The first kappa shape index (κ1) is 19.7. The summed E-state index contributed by atoms with van der Waals surface area (Å²) in [7, 11) is 0. The van der Waals surface area contributed by atoms with Crippen LogP contribution in [0.25, 0.3) is 11.3 Å². The van der Waals surface area contributed by atoms with Gasteiger partial charge in [0.2, 0.25) is 5.91 Å². The molecule has 0 saturated carbocycles. The third kappa shape index (κ3) is 3.37. The molecule has 5 rings (SSSR count). The zero-order valence-corrected chi connectivity index (χ0v) is 17.8. The minimum absolute atomic E-state index is 0.371. The van der Waals surface area contributed by atoms with Gasteiger partial charge in [-0.15, -0.1) is 11.3 Å². The largest absolute Gasteiger partial charge is 0.325 e. The van der Waals surface area contributed by atoms with E-state index < -0.39 is 23.4 Å². The molecule has 0 radical (unpaired) electrons. The Bertz CT molecular complexity index is 1210. The molecule has 1 spiro atoms. The van der Waals surface area contributed by atoms with E-state index in [4.69, 9.17) is 11.6 Å². The number of hydrogen-bond donors (Lipinski definition) is 2. The fourth-order valence-corrected chi connectivity index (χ4v) is 4.98. The van der Waals surface area contributed by atoms with Crippen LogP contribution in [-0.4, -0.2) is 34.3 Å². The van der Waals surface area contributed by atoms with Crippen molar-refractivity contribution in [2.45, 2.75) is 18.4 Å². The standard InChI is InChI=1S/C22H17ClN4O3S/c23-15-7-5-14(6-8-15)17-12-31-20(24-17)25-18(28)11-27-19(29)22(26-21(27)30)10-9-13-3-1-2-4-16(13)22/h1-8,12H,9-11H2,(H,26,30)(H,24,25,28). The Kier molecular flexibility index (Phi) is 4.75. The maximum atomic E-state index is 13.1. The summed E-state index contributed by atoms with van der Waals surface area (Å²) in [5.41, 5.74) is 2.35. The molecule has 2 aromatic carbocycles. The highest BCUT2D eigenvalue weighted by Crippen LogP contribution is 2.41. The predicted molar refractivity (Wildman–Crippen MR) is 118 cm³/mol. The molecule has 2 heterocycles. The van der Waals surface area contributed by atoms with E-state index in [0.29, 0.717) is 28.7 Å². The Morgan fingerprint density at radius 1 is 1.19 bits per heavy atom. The maximum Gasteiger partial charge on any atom is 0.325 e. The van der Waals surface area contributed by atoms with Crippen molar-refractivity contribution < 1.29 is 14.4 Å². The number of hydrogen-bond acceptors (Lipinski definition) is 5. The first-order valence-electron chi connectivity index (χ1n) is 9.70. The molecule has 9 heteroatoms. The molecule has 156 valence electrons. The second-order valence-corrected chi connectivity index (χ2v) is 8.77. The summed E-state index contributed by atoms with van der Waals surface area (Å²) in [6.45, 7) is -0.371. The summed E-state index contributed by atoms with van der Waals surface area (Å²) >= 11 is 7.18. The van der Waals surface area contributed by atoms with Crippen LogP contribution in [0.2, 0.25) is 5.02 Å². The van der Waals surface area contributed by atoms with Crippen molar-refractivity contribution in [2.24, 2.45) is 0 Å². The van der Waals surface area contributed by atoms with Crippen molar-refractivity contribution in [1.82, 2.24) is 15.2 Å². The van der Waals surface area contributed by atoms with Crippen LogP contribution in [0.3, 0.4) is 0 Å². The molecular weight excluding hydrogens is 436 g/mol. The Balaban J connectivity index is 1.29. The first-order valence-corrected chi connectivity index (χ1v) is 11.0. The fraction of sp³-hybridized carbons (Fsp3) is 0.182. The Morgan fingerprint density at radius 3 is 2.77 bits per heavy atom. The number of carbonyl (C=O) groups excluding carboxylic acids is 3. The van der Waals surface area contributed by atoms with Gasteiger partial charge < -0.3 is 10.6 Å². The van der Waals surface area contributed by atoms with Gasteiger partial charge in [-0.3, -0.25) is 14.5 Å². The summed E-state index contributed by atoms with van der Waals surface area (Å²) in [5.74, 6) is -0.873. The van der Waals surface area contributed by atoms with Gasteiger partial charge >= 0.3 is 6.03 Å². The number of imide groups is 1. The number of thiazole rings is 1. The van der Waals surface area contributed by atoms with Crippen LogP contribution in [0.4, 0.5) is 9.93 Å². The lowest BCUT2D eigenvalue weighted by Gasteiger charge is -2.22. The van der Waals surface area contributed by atoms with E-state index in [9.17, 15) is 14.4 Å². The Hall–Kier alpha value is -3.23. The quantitative estimate of drug-likeness (QED) is 0.589. The van der Waals surface area contributed by atoms with Gasteiger partial charge in [-0.25, -0.2) is 9.78 Å². The van der Waals surface area contributed by atoms with Gasteiger partial charge in [0, 0.05) is 16.0 Å².